The van der Waals surface area contributed by atoms with Gasteiger partial charge in [0.15, 0.2) is 0 Å². The smallest absolute Gasteiger partial charge is 0.320 e. The maximum Gasteiger partial charge on any atom is 0.320 e. The van der Waals surface area contributed by atoms with Crippen LogP contribution in [0.15, 0.2) is 0 Å². The Balaban J connectivity index is 1.92. The van der Waals surface area contributed by atoms with Gasteiger partial charge in [0.1, 0.15) is 6.04 Å². The fourth-order valence-electron chi connectivity index (χ4n) is 3.28. The summed E-state index contributed by atoms with van der Waals surface area (Å²) in [7, 11) is 0. The fourth-order valence-corrected chi connectivity index (χ4v) is 3.28. The van der Waals surface area contributed by atoms with Gasteiger partial charge in [-0.05, 0) is 50.0 Å². The largest absolute Gasteiger partial charge is 0.481 e. The lowest BCUT2D eigenvalue weighted by Crippen LogP contribution is -2.49. The third-order valence-corrected chi connectivity index (χ3v) is 4.17. The van der Waals surface area contributed by atoms with Crippen molar-refractivity contribution in [2.24, 2.45) is 17.8 Å². The van der Waals surface area contributed by atoms with Crippen LogP contribution in [0.5, 0.6) is 0 Å². The molecule has 2 fully saturated rings. The SMILES string of the molecule is O=C(O)C[C@@H]1CC[C@H]2CN[C@H](C(=O)O)C[C@H]2C1. The number of carboxylic acids is 2. The number of carbonyl (C=O) groups is 2. The summed E-state index contributed by atoms with van der Waals surface area (Å²) >= 11 is 0. The van der Waals surface area contributed by atoms with Gasteiger partial charge in [0.05, 0.1) is 0 Å². The molecule has 0 aromatic carbocycles. The lowest BCUT2D eigenvalue weighted by Gasteiger charge is -2.41. The van der Waals surface area contributed by atoms with Crippen LogP contribution in [0.25, 0.3) is 0 Å². The second-order valence-corrected chi connectivity index (χ2v) is 5.33. The van der Waals surface area contributed by atoms with Crippen LogP contribution in [-0.4, -0.2) is 34.7 Å². The van der Waals surface area contributed by atoms with E-state index in [9.17, 15) is 9.59 Å². The summed E-state index contributed by atoms with van der Waals surface area (Å²) in [6.45, 7) is 0.765. The van der Waals surface area contributed by atoms with Gasteiger partial charge < -0.3 is 15.5 Å². The van der Waals surface area contributed by atoms with E-state index in [1.54, 1.807) is 0 Å². The van der Waals surface area contributed by atoms with E-state index in [0.29, 0.717) is 18.3 Å². The molecule has 0 aromatic rings. The molecule has 1 heterocycles. The Morgan fingerprint density at radius 3 is 2.53 bits per heavy atom. The minimum absolute atomic E-state index is 0.231. The van der Waals surface area contributed by atoms with Crippen LogP contribution < -0.4 is 5.32 Å². The highest BCUT2D eigenvalue weighted by Crippen LogP contribution is 2.39. The second kappa shape index (κ2) is 5.04. The van der Waals surface area contributed by atoms with Crippen molar-refractivity contribution in [3.8, 4) is 0 Å². The summed E-state index contributed by atoms with van der Waals surface area (Å²) < 4.78 is 0. The molecule has 2 rings (SSSR count). The average Bonchev–Trinajstić information content (AvgIpc) is 2.27. The molecule has 0 radical (unpaired) electrons. The Bertz CT molecular complexity index is 318. The molecule has 0 unspecified atom stereocenters. The minimum atomic E-state index is -0.788. The molecule has 0 spiro atoms. The first kappa shape index (κ1) is 12.4. The van der Waals surface area contributed by atoms with E-state index in [4.69, 9.17) is 10.2 Å². The van der Waals surface area contributed by atoms with Gasteiger partial charge in [-0.2, -0.15) is 0 Å². The van der Waals surface area contributed by atoms with Gasteiger partial charge in [-0.25, -0.2) is 0 Å². The molecule has 1 aliphatic carbocycles. The number of fused-ring (bicyclic) bond motifs is 1. The van der Waals surface area contributed by atoms with Crippen LogP contribution in [0.1, 0.15) is 32.1 Å². The van der Waals surface area contributed by atoms with Gasteiger partial charge in [0, 0.05) is 6.42 Å². The van der Waals surface area contributed by atoms with Crippen LogP contribution in [0.2, 0.25) is 0 Å². The normalized spacial score (nSPS) is 37.2. The highest BCUT2D eigenvalue weighted by Gasteiger charge is 2.37. The van der Waals surface area contributed by atoms with Crippen LogP contribution in [-0.2, 0) is 9.59 Å². The summed E-state index contributed by atoms with van der Waals surface area (Å²) in [5, 5.41) is 20.8. The van der Waals surface area contributed by atoms with Crippen LogP contribution in [0.4, 0.5) is 0 Å². The molecular formula is C12H19NO4. The molecule has 5 nitrogen and oxygen atoms in total. The molecule has 1 saturated heterocycles. The van der Waals surface area contributed by atoms with Crippen molar-refractivity contribution in [3.05, 3.63) is 0 Å². The van der Waals surface area contributed by atoms with Gasteiger partial charge in [0.25, 0.3) is 0 Å². The lowest BCUT2D eigenvalue weighted by atomic mass is 9.69. The molecule has 0 bridgehead atoms. The van der Waals surface area contributed by atoms with E-state index in [2.05, 4.69) is 5.32 Å². The van der Waals surface area contributed by atoms with E-state index >= 15 is 0 Å². The summed E-state index contributed by atoms with van der Waals surface area (Å²) in [4.78, 5) is 21.6. The van der Waals surface area contributed by atoms with Crippen LogP contribution >= 0.6 is 0 Å². The maximum absolute atomic E-state index is 10.9. The molecule has 96 valence electrons. The highest BCUT2D eigenvalue weighted by atomic mass is 16.4. The molecule has 5 heteroatoms. The number of carboxylic acid groups (broad SMARTS) is 2. The highest BCUT2D eigenvalue weighted by molar-refractivity contribution is 5.73. The van der Waals surface area contributed by atoms with Crippen molar-refractivity contribution < 1.29 is 19.8 Å². The molecule has 0 aromatic heterocycles. The first-order valence-corrected chi connectivity index (χ1v) is 6.24. The average molecular weight is 241 g/mol. The summed E-state index contributed by atoms with van der Waals surface area (Å²) in [5.74, 6) is -0.367. The third kappa shape index (κ3) is 2.97. The van der Waals surface area contributed by atoms with Gasteiger partial charge in [-0.15, -0.1) is 0 Å². The van der Waals surface area contributed by atoms with Crippen LogP contribution in [0, 0.1) is 17.8 Å². The molecule has 0 amide bonds. The standard InChI is InChI=1S/C12H19NO4/c14-11(15)4-7-1-2-8-6-13-10(12(16)17)5-9(8)3-7/h7-10,13H,1-6H2,(H,14,15)(H,16,17)/t7-,8+,9-,10+/m1/s1. The van der Waals surface area contributed by atoms with E-state index in [0.717, 1.165) is 25.8 Å². The molecular weight excluding hydrogens is 222 g/mol. The molecule has 1 aliphatic heterocycles. The number of nitrogens with one attached hydrogen (secondary N) is 1. The van der Waals surface area contributed by atoms with Gasteiger partial charge in [0.2, 0.25) is 0 Å². The zero-order valence-electron chi connectivity index (χ0n) is 9.76. The number of hydrogen-bond donors (Lipinski definition) is 3. The summed E-state index contributed by atoms with van der Waals surface area (Å²) in [6, 6.07) is -0.445. The Morgan fingerprint density at radius 2 is 1.88 bits per heavy atom. The van der Waals surface area contributed by atoms with Crippen molar-refractivity contribution >= 4 is 11.9 Å². The van der Waals surface area contributed by atoms with E-state index in [1.165, 1.54) is 0 Å². The first-order chi connectivity index (χ1) is 8.06. The summed E-state index contributed by atoms with van der Waals surface area (Å²) in [5.41, 5.74) is 0. The Morgan fingerprint density at radius 1 is 1.12 bits per heavy atom. The van der Waals surface area contributed by atoms with E-state index < -0.39 is 18.0 Å². The van der Waals surface area contributed by atoms with Crippen molar-refractivity contribution in [2.75, 3.05) is 6.54 Å². The molecule has 2 aliphatic rings. The van der Waals surface area contributed by atoms with Gasteiger partial charge in [-0.3, -0.25) is 9.59 Å². The monoisotopic (exact) mass is 241 g/mol. The second-order valence-electron chi connectivity index (χ2n) is 5.33. The Labute approximate surface area is 100 Å². The molecule has 4 atom stereocenters. The molecule has 17 heavy (non-hydrogen) atoms. The van der Waals surface area contributed by atoms with Crippen molar-refractivity contribution in [3.63, 3.8) is 0 Å². The third-order valence-electron chi connectivity index (χ3n) is 4.17. The zero-order valence-corrected chi connectivity index (χ0v) is 9.76. The Kier molecular flexibility index (Phi) is 3.66. The van der Waals surface area contributed by atoms with Gasteiger partial charge >= 0.3 is 11.9 Å². The summed E-state index contributed by atoms with van der Waals surface area (Å²) in [6.07, 6.45) is 3.75. The minimum Gasteiger partial charge on any atom is -0.481 e. The quantitative estimate of drug-likeness (QED) is 0.684. The van der Waals surface area contributed by atoms with Crippen molar-refractivity contribution in [2.45, 2.75) is 38.1 Å². The topological polar surface area (TPSA) is 86.6 Å². The molecule has 3 N–H and O–H groups in total. The van der Waals surface area contributed by atoms with Crippen LogP contribution in [0.3, 0.4) is 0 Å². The fraction of sp³-hybridized carbons (Fsp3) is 0.833. The number of piperidine rings is 1. The predicted octanol–water partition coefficient (Wildman–Crippen LogP) is 0.940. The predicted molar refractivity (Wildman–Crippen MR) is 60.6 cm³/mol. The molecule has 1 saturated carbocycles. The van der Waals surface area contributed by atoms with E-state index in [-0.39, 0.29) is 12.3 Å². The maximum atomic E-state index is 10.9. The lowest BCUT2D eigenvalue weighted by molar-refractivity contribution is -0.142. The van der Waals surface area contributed by atoms with E-state index in [1.807, 2.05) is 0 Å². The van der Waals surface area contributed by atoms with Crippen molar-refractivity contribution in [1.82, 2.24) is 5.32 Å². The number of hydrogen-bond acceptors (Lipinski definition) is 3. The first-order valence-electron chi connectivity index (χ1n) is 6.24. The zero-order chi connectivity index (χ0) is 12.4. The number of rotatable bonds is 3. The Hall–Kier alpha value is -1.10. The number of aliphatic carboxylic acids is 2. The van der Waals surface area contributed by atoms with Crippen molar-refractivity contribution in [1.29, 1.82) is 0 Å². The van der Waals surface area contributed by atoms with Gasteiger partial charge in [-0.1, -0.05) is 0 Å².